The Hall–Kier alpha value is -2.41. The van der Waals surface area contributed by atoms with Crippen molar-refractivity contribution in [3.8, 4) is 0 Å². The molecule has 0 aromatic carbocycles. The quantitative estimate of drug-likeness (QED) is 0.923. The van der Waals surface area contributed by atoms with Gasteiger partial charge in [0, 0.05) is 38.6 Å². The summed E-state index contributed by atoms with van der Waals surface area (Å²) in [7, 11) is 1.71. The molecule has 0 aliphatic carbocycles. The number of hydrogen-bond donors (Lipinski definition) is 1. The number of carbonyl (C=O) groups is 2. The lowest BCUT2D eigenvalue weighted by Crippen LogP contribution is -2.41. The molecule has 0 fully saturated rings. The molecule has 0 saturated heterocycles. The predicted octanol–water partition coefficient (Wildman–Crippen LogP) is 1.62. The second-order valence-electron chi connectivity index (χ2n) is 5.17. The molecule has 2 amide bonds. The lowest BCUT2D eigenvalue weighted by molar-refractivity contribution is -0.124. The van der Waals surface area contributed by atoms with Crippen molar-refractivity contribution in [3.63, 3.8) is 0 Å². The van der Waals surface area contributed by atoms with Crippen LogP contribution in [0.15, 0.2) is 47.9 Å². The van der Waals surface area contributed by atoms with E-state index in [1.165, 1.54) is 11.8 Å². The van der Waals surface area contributed by atoms with Crippen molar-refractivity contribution in [3.05, 3.63) is 48.4 Å². The Morgan fingerprint density at radius 1 is 1.30 bits per heavy atom. The molecule has 1 atom stereocenters. The summed E-state index contributed by atoms with van der Waals surface area (Å²) in [6.07, 6.45) is 5.18. The third-order valence-electron chi connectivity index (χ3n) is 3.58. The maximum atomic E-state index is 12.4. The standard InChI is InChI=1S/C16H16N4O2S/c1-20-12-3-2-6-18-15(12)23-13(16(20)22)9-14(21)19-10-11-4-7-17-8-5-11/h2-8,13H,9-10H2,1H3,(H,19,21). The normalized spacial score (nSPS) is 16.8. The molecule has 2 aromatic heterocycles. The maximum absolute atomic E-state index is 12.4. The molecule has 0 spiro atoms. The Balaban J connectivity index is 1.62. The third-order valence-corrected chi connectivity index (χ3v) is 4.77. The number of thioether (sulfide) groups is 1. The van der Waals surface area contributed by atoms with E-state index in [0.29, 0.717) is 6.54 Å². The van der Waals surface area contributed by atoms with Gasteiger partial charge in [-0.1, -0.05) is 11.8 Å². The topological polar surface area (TPSA) is 75.2 Å². The first kappa shape index (κ1) is 15.5. The zero-order valence-corrected chi connectivity index (χ0v) is 13.4. The highest BCUT2D eigenvalue weighted by Crippen LogP contribution is 2.37. The van der Waals surface area contributed by atoms with Gasteiger partial charge in [-0.3, -0.25) is 14.6 Å². The van der Waals surface area contributed by atoms with Crippen molar-refractivity contribution in [2.24, 2.45) is 0 Å². The molecule has 0 saturated carbocycles. The second-order valence-corrected chi connectivity index (χ2v) is 6.36. The zero-order valence-electron chi connectivity index (χ0n) is 12.6. The van der Waals surface area contributed by atoms with Gasteiger partial charge < -0.3 is 10.2 Å². The minimum absolute atomic E-state index is 0.0745. The van der Waals surface area contributed by atoms with Gasteiger partial charge in [-0.15, -0.1) is 0 Å². The average Bonchev–Trinajstić information content (AvgIpc) is 2.58. The maximum Gasteiger partial charge on any atom is 0.240 e. The van der Waals surface area contributed by atoms with Crippen LogP contribution < -0.4 is 10.2 Å². The van der Waals surface area contributed by atoms with Crippen molar-refractivity contribution in [2.75, 3.05) is 11.9 Å². The van der Waals surface area contributed by atoms with Crippen molar-refractivity contribution in [1.82, 2.24) is 15.3 Å². The molecule has 1 aliphatic rings. The van der Waals surface area contributed by atoms with E-state index < -0.39 is 5.25 Å². The Bertz CT molecular complexity index is 723. The summed E-state index contributed by atoms with van der Waals surface area (Å²) in [5, 5.41) is 3.17. The van der Waals surface area contributed by atoms with Gasteiger partial charge in [0.15, 0.2) is 0 Å². The Kier molecular flexibility index (Phi) is 4.57. The third kappa shape index (κ3) is 3.50. The average molecular weight is 328 g/mol. The van der Waals surface area contributed by atoms with Crippen molar-refractivity contribution in [1.29, 1.82) is 0 Å². The van der Waals surface area contributed by atoms with Gasteiger partial charge in [-0.2, -0.15) is 0 Å². The summed E-state index contributed by atoms with van der Waals surface area (Å²) in [5.74, 6) is -0.227. The first-order valence-corrected chi connectivity index (χ1v) is 8.08. The molecule has 1 aliphatic heterocycles. The molecule has 118 valence electrons. The Morgan fingerprint density at radius 3 is 2.87 bits per heavy atom. The van der Waals surface area contributed by atoms with E-state index in [9.17, 15) is 9.59 Å². The van der Waals surface area contributed by atoms with Gasteiger partial charge in [0.05, 0.1) is 10.9 Å². The molecule has 7 heteroatoms. The molecule has 0 bridgehead atoms. The Morgan fingerprint density at radius 2 is 2.09 bits per heavy atom. The Labute approximate surface area is 138 Å². The van der Waals surface area contributed by atoms with Crippen LogP contribution in [0.4, 0.5) is 5.69 Å². The molecule has 3 rings (SSSR count). The van der Waals surface area contributed by atoms with Crippen LogP contribution in [0.25, 0.3) is 0 Å². The fourth-order valence-electron chi connectivity index (χ4n) is 2.32. The van der Waals surface area contributed by atoms with Gasteiger partial charge in [-0.25, -0.2) is 4.98 Å². The number of pyridine rings is 2. The van der Waals surface area contributed by atoms with Crippen LogP contribution in [0.3, 0.4) is 0 Å². The summed E-state index contributed by atoms with van der Waals surface area (Å²) in [5.41, 5.74) is 1.76. The van der Waals surface area contributed by atoms with Crippen molar-refractivity contribution in [2.45, 2.75) is 23.2 Å². The molecular formula is C16H16N4O2S. The number of nitrogens with one attached hydrogen (secondary N) is 1. The number of amides is 2. The highest BCUT2D eigenvalue weighted by molar-refractivity contribution is 8.00. The van der Waals surface area contributed by atoms with Gasteiger partial charge in [0.1, 0.15) is 5.03 Å². The van der Waals surface area contributed by atoms with E-state index in [1.54, 1.807) is 36.6 Å². The van der Waals surface area contributed by atoms with Crippen LogP contribution in [-0.2, 0) is 16.1 Å². The minimum atomic E-state index is -0.445. The number of anilines is 1. The summed E-state index contributed by atoms with van der Waals surface area (Å²) < 4.78 is 0. The molecule has 1 N–H and O–H groups in total. The van der Waals surface area contributed by atoms with Crippen LogP contribution in [0.2, 0.25) is 0 Å². The SMILES string of the molecule is CN1C(=O)C(CC(=O)NCc2ccncc2)Sc2ncccc21. The van der Waals surface area contributed by atoms with E-state index in [-0.39, 0.29) is 18.2 Å². The van der Waals surface area contributed by atoms with Gasteiger partial charge in [0.25, 0.3) is 0 Å². The number of rotatable bonds is 4. The highest BCUT2D eigenvalue weighted by atomic mass is 32.2. The van der Waals surface area contributed by atoms with Crippen molar-refractivity contribution >= 4 is 29.3 Å². The smallest absolute Gasteiger partial charge is 0.240 e. The molecular weight excluding hydrogens is 312 g/mol. The lowest BCUT2D eigenvalue weighted by Gasteiger charge is -2.29. The van der Waals surface area contributed by atoms with E-state index >= 15 is 0 Å². The van der Waals surface area contributed by atoms with Crippen LogP contribution in [0, 0.1) is 0 Å². The molecule has 1 unspecified atom stereocenters. The number of nitrogens with zero attached hydrogens (tertiary/aromatic N) is 3. The second kappa shape index (κ2) is 6.78. The number of hydrogen-bond acceptors (Lipinski definition) is 5. The number of carbonyl (C=O) groups excluding carboxylic acids is 2. The molecule has 23 heavy (non-hydrogen) atoms. The summed E-state index contributed by atoms with van der Waals surface area (Å²) >= 11 is 1.35. The number of aromatic nitrogens is 2. The fraction of sp³-hybridized carbons (Fsp3) is 0.250. The molecule has 0 radical (unpaired) electrons. The van der Waals surface area contributed by atoms with Crippen LogP contribution in [-0.4, -0.2) is 34.1 Å². The lowest BCUT2D eigenvalue weighted by atomic mass is 10.2. The predicted molar refractivity (Wildman–Crippen MR) is 88.0 cm³/mol. The van der Waals surface area contributed by atoms with E-state index in [2.05, 4.69) is 15.3 Å². The van der Waals surface area contributed by atoms with E-state index in [4.69, 9.17) is 0 Å². The van der Waals surface area contributed by atoms with Gasteiger partial charge >= 0.3 is 0 Å². The van der Waals surface area contributed by atoms with Crippen LogP contribution >= 0.6 is 11.8 Å². The monoisotopic (exact) mass is 328 g/mol. The highest BCUT2D eigenvalue weighted by Gasteiger charge is 2.33. The van der Waals surface area contributed by atoms with Crippen LogP contribution in [0.1, 0.15) is 12.0 Å². The summed E-state index contributed by atoms with van der Waals surface area (Å²) in [4.78, 5) is 34.3. The number of fused-ring (bicyclic) bond motifs is 1. The van der Waals surface area contributed by atoms with Gasteiger partial charge in [0.2, 0.25) is 11.8 Å². The largest absolute Gasteiger partial charge is 0.352 e. The van der Waals surface area contributed by atoms with E-state index in [1.807, 2.05) is 18.2 Å². The zero-order chi connectivity index (χ0) is 16.2. The summed E-state index contributed by atoms with van der Waals surface area (Å²) in [6.45, 7) is 0.428. The minimum Gasteiger partial charge on any atom is -0.352 e. The van der Waals surface area contributed by atoms with Crippen LogP contribution in [0.5, 0.6) is 0 Å². The summed E-state index contributed by atoms with van der Waals surface area (Å²) in [6, 6.07) is 7.33. The molecule has 6 nitrogen and oxygen atoms in total. The fourth-order valence-corrected chi connectivity index (χ4v) is 3.53. The first-order valence-electron chi connectivity index (χ1n) is 7.20. The van der Waals surface area contributed by atoms with Gasteiger partial charge in [-0.05, 0) is 29.8 Å². The molecule has 3 heterocycles. The van der Waals surface area contributed by atoms with Crippen molar-refractivity contribution < 1.29 is 9.59 Å². The first-order chi connectivity index (χ1) is 11.1. The molecule has 2 aromatic rings. The van der Waals surface area contributed by atoms with E-state index in [0.717, 1.165) is 16.3 Å².